The van der Waals surface area contributed by atoms with Crippen molar-refractivity contribution in [1.29, 1.82) is 0 Å². The van der Waals surface area contributed by atoms with Crippen LogP contribution in [0, 0.1) is 11.8 Å². The topological polar surface area (TPSA) is 62.7 Å². The number of carbonyl (C=O) groups is 1. The molecule has 37 heavy (non-hydrogen) atoms. The molecule has 1 saturated heterocycles. The number of benzene rings is 2. The molecule has 1 N–H and O–H groups in total. The Morgan fingerprint density at radius 3 is 2.81 bits per heavy atom. The SMILES string of the molecule is COc1ccc2nccc(CCC[C@@H]3CCN(CCSc4cccc(C(F)(F)F)c4)C[C@@H]3C(=O)O)c2c1. The maximum absolute atomic E-state index is 12.9. The Kier molecular flexibility index (Phi) is 8.97. The second kappa shape index (κ2) is 12.2. The van der Waals surface area contributed by atoms with E-state index < -0.39 is 23.6 Å². The van der Waals surface area contributed by atoms with E-state index in [2.05, 4.69) is 9.88 Å². The maximum Gasteiger partial charge on any atom is 0.416 e. The van der Waals surface area contributed by atoms with Crippen LogP contribution >= 0.6 is 11.8 Å². The van der Waals surface area contributed by atoms with Gasteiger partial charge in [0.2, 0.25) is 0 Å². The van der Waals surface area contributed by atoms with Crippen LogP contribution in [0.1, 0.15) is 30.4 Å². The van der Waals surface area contributed by atoms with Crippen LogP contribution in [-0.4, -0.2) is 53.5 Å². The molecular formula is C28H31F3N2O3S. The summed E-state index contributed by atoms with van der Waals surface area (Å²) in [7, 11) is 1.64. The third-order valence-corrected chi connectivity index (χ3v) is 8.03. The normalized spacial score (nSPS) is 18.7. The molecule has 9 heteroatoms. The minimum atomic E-state index is -4.36. The molecule has 1 aliphatic heterocycles. The largest absolute Gasteiger partial charge is 0.497 e. The van der Waals surface area contributed by atoms with Crippen LogP contribution < -0.4 is 4.74 Å². The Balaban J connectivity index is 1.28. The van der Waals surface area contributed by atoms with Gasteiger partial charge in [-0.05, 0) is 86.2 Å². The van der Waals surface area contributed by atoms with E-state index in [-0.39, 0.29) is 5.92 Å². The molecule has 0 radical (unpaired) electrons. The number of piperidine rings is 1. The number of hydrogen-bond acceptors (Lipinski definition) is 5. The number of carboxylic acid groups (broad SMARTS) is 1. The third kappa shape index (κ3) is 7.17. The van der Waals surface area contributed by atoms with E-state index in [4.69, 9.17) is 4.74 Å². The highest BCUT2D eigenvalue weighted by atomic mass is 32.2. The fourth-order valence-electron chi connectivity index (χ4n) is 5.03. The molecule has 2 heterocycles. The Labute approximate surface area is 219 Å². The van der Waals surface area contributed by atoms with Gasteiger partial charge in [-0.3, -0.25) is 9.78 Å². The Morgan fingerprint density at radius 1 is 1.22 bits per heavy atom. The molecule has 0 unspecified atom stereocenters. The molecule has 0 saturated carbocycles. The van der Waals surface area contributed by atoms with Gasteiger partial charge in [-0.1, -0.05) is 6.07 Å². The quantitative estimate of drug-likeness (QED) is 0.305. The first-order valence-corrected chi connectivity index (χ1v) is 13.4. The van der Waals surface area contributed by atoms with Gasteiger partial charge in [0.1, 0.15) is 5.75 Å². The average molecular weight is 533 g/mol. The van der Waals surface area contributed by atoms with E-state index in [0.717, 1.165) is 54.9 Å². The lowest BCUT2D eigenvalue weighted by Gasteiger charge is -2.36. The predicted octanol–water partition coefficient (Wildman–Crippen LogP) is 6.40. The number of fused-ring (bicyclic) bond motifs is 1. The highest BCUT2D eigenvalue weighted by Crippen LogP contribution is 2.33. The van der Waals surface area contributed by atoms with Gasteiger partial charge in [-0.2, -0.15) is 13.2 Å². The van der Waals surface area contributed by atoms with Crippen molar-refractivity contribution in [2.45, 2.75) is 36.8 Å². The summed E-state index contributed by atoms with van der Waals surface area (Å²) in [5, 5.41) is 11.0. The van der Waals surface area contributed by atoms with Crippen LogP contribution in [0.5, 0.6) is 5.75 Å². The van der Waals surface area contributed by atoms with E-state index in [0.29, 0.717) is 23.7 Å². The molecule has 0 amide bonds. The maximum atomic E-state index is 12.9. The van der Waals surface area contributed by atoms with Crippen molar-refractivity contribution in [1.82, 2.24) is 9.88 Å². The first kappa shape index (κ1) is 27.3. The first-order valence-electron chi connectivity index (χ1n) is 12.4. The second-order valence-electron chi connectivity index (χ2n) is 9.41. The summed E-state index contributed by atoms with van der Waals surface area (Å²) in [6, 6.07) is 13.2. The van der Waals surface area contributed by atoms with Crippen molar-refractivity contribution in [3.8, 4) is 5.75 Å². The number of halogens is 3. The zero-order valence-corrected chi connectivity index (χ0v) is 21.5. The zero-order valence-electron chi connectivity index (χ0n) is 20.7. The van der Waals surface area contributed by atoms with Crippen LogP contribution in [0.4, 0.5) is 13.2 Å². The Bertz CT molecular complexity index is 1220. The van der Waals surface area contributed by atoms with Gasteiger partial charge in [-0.25, -0.2) is 0 Å². The number of rotatable bonds is 10. The summed E-state index contributed by atoms with van der Waals surface area (Å²) < 4.78 is 44.2. The van der Waals surface area contributed by atoms with E-state index in [1.165, 1.54) is 29.5 Å². The second-order valence-corrected chi connectivity index (χ2v) is 10.6. The van der Waals surface area contributed by atoms with E-state index >= 15 is 0 Å². The summed E-state index contributed by atoms with van der Waals surface area (Å²) in [6.07, 6.45) is 0.806. The average Bonchev–Trinajstić information content (AvgIpc) is 2.88. The number of ether oxygens (including phenoxy) is 1. The van der Waals surface area contributed by atoms with Crippen molar-refractivity contribution in [2.24, 2.45) is 11.8 Å². The lowest BCUT2D eigenvalue weighted by molar-refractivity contribution is -0.146. The molecule has 1 aliphatic rings. The highest BCUT2D eigenvalue weighted by molar-refractivity contribution is 7.99. The summed E-state index contributed by atoms with van der Waals surface area (Å²) in [4.78, 5) is 19.2. The molecular weight excluding hydrogens is 501 g/mol. The third-order valence-electron chi connectivity index (χ3n) is 7.05. The van der Waals surface area contributed by atoms with Gasteiger partial charge in [0, 0.05) is 35.3 Å². The summed E-state index contributed by atoms with van der Waals surface area (Å²) in [5.74, 6) is 0.274. The number of pyridine rings is 1. The smallest absolute Gasteiger partial charge is 0.416 e. The van der Waals surface area contributed by atoms with Crippen molar-refractivity contribution in [2.75, 3.05) is 32.5 Å². The molecule has 1 aromatic heterocycles. The number of aliphatic carboxylic acids is 1. The van der Waals surface area contributed by atoms with Gasteiger partial charge in [0.05, 0.1) is 24.1 Å². The van der Waals surface area contributed by atoms with Crippen molar-refractivity contribution in [3.05, 3.63) is 65.9 Å². The number of aromatic nitrogens is 1. The first-order chi connectivity index (χ1) is 17.7. The van der Waals surface area contributed by atoms with Gasteiger partial charge in [0.15, 0.2) is 0 Å². The fraction of sp³-hybridized carbons (Fsp3) is 0.429. The number of hydrogen-bond donors (Lipinski definition) is 1. The van der Waals surface area contributed by atoms with Crippen molar-refractivity contribution in [3.63, 3.8) is 0 Å². The molecule has 0 bridgehead atoms. The van der Waals surface area contributed by atoms with E-state index in [1.807, 2.05) is 24.3 Å². The molecule has 0 spiro atoms. The number of nitrogens with zero attached hydrogens (tertiary/aromatic N) is 2. The van der Waals surface area contributed by atoms with Gasteiger partial charge >= 0.3 is 12.1 Å². The van der Waals surface area contributed by atoms with Gasteiger partial charge in [-0.15, -0.1) is 11.8 Å². The monoisotopic (exact) mass is 532 g/mol. The van der Waals surface area contributed by atoms with Crippen LogP contribution in [-0.2, 0) is 17.4 Å². The van der Waals surface area contributed by atoms with Gasteiger partial charge < -0.3 is 14.7 Å². The lowest BCUT2D eigenvalue weighted by Crippen LogP contribution is -2.44. The summed E-state index contributed by atoms with van der Waals surface area (Å²) in [6.45, 7) is 1.91. The molecule has 198 valence electrons. The van der Waals surface area contributed by atoms with Crippen LogP contribution in [0.3, 0.4) is 0 Å². The molecule has 2 atom stereocenters. The number of methoxy groups -OCH3 is 1. The number of likely N-dealkylation sites (tertiary alicyclic amines) is 1. The zero-order chi connectivity index (χ0) is 26.4. The molecule has 5 nitrogen and oxygen atoms in total. The molecule has 4 rings (SSSR count). The van der Waals surface area contributed by atoms with Crippen LogP contribution in [0.25, 0.3) is 10.9 Å². The van der Waals surface area contributed by atoms with Crippen molar-refractivity contribution >= 4 is 28.6 Å². The minimum absolute atomic E-state index is 0.104. The molecule has 3 aromatic rings. The van der Waals surface area contributed by atoms with E-state index in [9.17, 15) is 23.1 Å². The standard InChI is InChI=1S/C28H31F3N2O3S/c1-36-22-8-9-26-24(17-22)19(10-12-32-26)4-2-5-20-11-13-33(18-25(20)27(34)35)14-15-37-23-7-3-6-21(16-23)28(29,30)31/h3,6-10,12,16-17,20,25H,2,4-5,11,13-15,18H2,1H3,(H,34,35)/t20-,25+/m1/s1. The fourth-order valence-corrected chi connectivity index (χ4v) is 6.00. The van der Waals surface area contributed by atoms with E-state index in [1.54, 1.807) is 19.4 Å². The number of aryl methyl sites for hydroxylation is 1. The molecule has 0 aliphatic carbocycles. The molecule has 2 aromatic carbocycles. The molecule has 1 fully saturated rings. The van der Waals surface area contributed by atoms with Crippen LogP contribution in [0.15, 0.2) is 59.6 Å². The van der Waals surface area contributed by atoms with Crippen LogP contribution in [0.2, 0.25) is 0 Å². The number of alkyl halides is 3. The highest BCUT2D eigenvalue weighted by Gasteiger charge is 2.34. The summed E-state index contributed by atoms with van der Waals surface area (Å²) in [5.41, 5.74) is 1.45. The number of carboxylic acids is 1. The Hall–Kier alpha value is -2.78. The Morgan fingerprint density at radius 2 is 2.05 bits per heavy atom. The van der Waals surface area contributed by atoms with Gasteiger partial charge in [0.25, 0.3) is 0 Å². The number of thioether (sulfide) groups is 1. The lowest BCUT2D eigenvalue weighted by atomic mass is 9.81. The minimum Gasteiger partial charge on any atom is -0.497 e. The predicted molar refractivity (Wildman–Crippen MR) is 139 cm³/mol. The summed E-state index contributed by atoms with van der Waals surface area (Å²) >= 11 is 1.37. The van der Waals surface area contributed by atoms with Crippen molar-refractivity contribution < 1.29 is 27.8 Å².